The smallest absolute Gasteiger partial charge is 0.164 e. The maximum atomic E-state index is 5.55. The lowest BCUT2D eigenvalue weighted by molar-refractivity contribution is 0.238. The van der Waals surface area contributed by atoms with Crippen molar-refractivity contribution in [1.29, 1.82) is 0 Å². The minimum Gasteiger partial charge on any atom is -0.496 e. The third kappa shape index (κ3) is 3.90. The number of aryl methyl sites for hydroxylation is 1. The summed E-state index contributed by atoms with van der Waals surface area (Å²) in [5.74, 6) is 3.16. The van der Waals surface area contributed by atoms with Gasteiger partial charge in [0.05, 0.1) is 21.3 Å². The summed E-state index contributed by atoms with van der Waals surface area (Å²) in [4.78, 5) is 11.6. The molecule has 2 heterocycles. The fraction of sp³-hybridized carbons (Fsp3) is 0.500. The Balaban J connectivity index is 1.78. The van der Waals surface area contributed by atoms with E-state index in [4.69, 9.17) is 19.2 Å². The zero-order valence-corrected chi connectivity index (χ0v) is 16.0. The highest BCUT2D eigenvalue weighted by atomic mass is 16.5. The van der Waals surface area contributed by atoms with E-state index in [-0.39, 0.29) is 0 Å². The Hall–Kier alpha value is -2.34. The average molecular weight is 357 g/mol. The van der Waals surface area contributed by atoms with Crippen molar-refractivity contribution in [2.45, 2.75) is 39.3 Å². The van der Waals surface area contributed by atoms with Gasteiger partial charge in [0.1, 0.15) is 11.6 Å². The molecule has 0 aliphatic carbocycles. The normalized spacial score (nSPS) is 14.0. The lowest BCUT2D eigenvalue weighted by Gasteiger charge is -2.28. The number of fused-ring (bicyclic) bond motifs is 1. The second-order valence-electron chi connectivity index (χ2n) is 6.49. The van der Waals surface area contributed by atoms with Crippen LogP contribution in [0.5, 0.6) is 17.2 Å². The highest BCUT2D eigenvalue weighted by Gasteiger charge is 2.21. The maximum Gasteiger partial charge on any atom is 0.164 e. The van der Waals surface area contributed by atoms with Crippen molar-refractivity contribution in [1.82, 2.24) is 14.9 Å². The zero-order valence-electron chi connectivity index (χ0n) is 16.0. The Morgan fingerprint density at radius 3 is 2.46 bits per heavy atom. The van der Waals surface area contributed by atoms with Crippen LogP contribution in [0.3, 0.4) is 0 Å². The summed E-state index contributed by atoms with van der Waals surface area (Å²) >= 11 is 0. The molecule has 2 aromatic rings. The fourth-order valence-corrected chi connectivity index (χ4v) is 3.35. The third-order valence-electron chi connectivity index (χ3n) is 4.72. The molecule has 0 N–H and O–H groups in total. The number of hydrogen-bond donors (Lipinski definition) is 0. The first-order valence-electron chi connectivity index (χ1n) is 9.03. The molecule has 0 fully saturated rings. The fourth-order valence-electron chi connectivity index (χ4n) is 3.35. The molecular weight excluding hydrogens is 330 g/mol. The van der Waals surface area contributed by atoms with Crippen LogP contribution >= 0.6 is 0 Å². The van der Waals surface area contributed by atoms with Gasteiger partial charge in [-0.3, -0.25) is 4.90 Å². The molecule has 1 aromatic carbocycles. The standard InChI is InChI=1S/C20H27N3O3/c1-5-6-20-21-11-15-13-23(8-7-16(15)22-20)12-14-9-18(25-3)19(26-4)10-17(14)24-2/h9-11H,5-8,12-13H2,1-4H3. The zero-order chi connectivity index (χ0) is 18.5. The van der Waals surface area contributed by atoms with Crippen molar-refractivity contribution in [3.8, 4) is 17.2 Å². The van der Waals surface area contributed by atoms with Gasteiger partial charge in [0, 0.05) is 61.6 Å². The van der Waals surface area contributed by atoms with Gasteiger partial charge in [-0.1, -0.05) is 6.92 Å². The number of hydrogen-bond acceptors (Lipinski definition) is 6. The summed E-state index contributed by atoms with van der Waals surface area (Å²) in [5.41, 5.74) is 3.49. The molecule has 6 heteroatoms. The van der Waals surface area contributed by atoms with Gasteiger partial charge in [-0.2, -0.15) is 0 Å². The molecule has 0 spiro atoms. The molecule has 0 atom stereocenters. The summed E-state index contributed by atoms with van der Waals surface area (Å²) in [6, 6.07) is 3.88. The molecule has 0 saturated carbocycles. The monoisotopic (exact) mass is 357 g/mol. The van der Waals surface area contributed by atoms with Gasteiger partial charge in [-0.15, -0.1) is 0 Å². The molecular formula is C20H27N3O3. The highest BCUT2D eigenvalue weighted by molar-refractivity contribution is 5.50. The first-order chi connectivity index (χ1) is 12.7. The van der Waals surface area contributed by atoms with Crippen LogP contribution in [0.1, 0.15) is 36.0 Å². The predicted molar refractivity (Wildman–Crippen MR) is 99.9 cm³/mol. The summed E-state index contributed by atoms with van der Waals surface area (Å²) in [6.07, 6.45) is 4.96. The molecule has 0 saturated heterocycles. The Kier molecular flexibility index (Phi) is 5.93. The molecule has 0 bridgehead atoms. The van der Waals surface area contributed by atoms with Crippen molar-refractivity contribution in [2.24, 2.45) is 0 Å². The van der Waals surface area contributed by atoms with E-state index in [9.17, 15) is 0 Å². The van der Waals surface area contributed by atoms with Crippen molar-refractivity contribution < 1.29 is 14.2 Å². The third-order valence-corrected chi connectivity index (χ3v) is 4.72. The van der Waals surface area contributed by atoms with Crippen molar-refractivity contribution in [3.05, 3.63) is 41.0 Å². The van der Waals surface area contributed by atoms with Crippen molar-refractivity contribution in [2.75, 3.05) is 27.9 Å². The van der Waals surface area contributed by atoms with E-state index in [2.05, 4.69) is 16.8 Å². The van der Waals surface area contributed by atoms with Crippen LogP contribution in [0.4, 0.5) is 0 Å². The van der Waals surface area contributed by atoms with Crippen LogP contribution in [0.15, 0.2) is 18.3 Å². The first kappa shape index (κ1) is 18.5. The Labute approximate surface area is 155 Å². The number of nitrogens with zero attached hydrogens (tertiary/aromatic N) is 3. The van der Waals surface area contributed by atoms with Gasteiger partial charge < -0.3 is 14.2 Å². The molecule has 0 unspecified atom stereocenters. The maximum absolute atomic E-state index is 5.55. The van der Waals surface area contributed by atoms with E-state index in [0.29, 0.717) is 11.5 Å². The summed E-state index contributed by atoms with van der Waals surface area (Å²) < 4.78 is 16.4. The Morgan fingerprint density at radius 1 is 1.04 bits per heavy atom. The molecule has 0 radical (unpaired) electrons. The molecule has 140 valence electrons. The van der Waals surface area contributed by atoms with E-state index in [1.54, 1.807) is 21.3 Å². The number of benzene rings is 1. The molecule has 26 heavy (non-hydrogen) atoms. The van der Waals surface area contributed by atoms with E-state index < -0.39 is 0 Å². The van der Waals surface area contributed by atoms with Gasteiger partial charge in [0.2, 0.25) is 0 Å². The van der Waals surface area contributed by atoms with E-state index >= 15 is 0 Å². The number of aromatic nitrogens is 2. The SMILES string of the molecule is CCCc1ncc2c(n1)CCN(Cc1cc(OC)c(OC)cc1OC)C2. The minimum absolute atomic E-state index is 0.675. The van der Waals surface area contributed by atoms with E-state index in [1.165, 1.54) is 11.3 Å². The van der Waals surface area contributed by atoms with Crippen molar-refractivity contribution >= 4 is 0 Å². The average Bonchev–Trinajstić information content (AvgIpc) is 2.68. The van der Waals surface area contributed by atoms with E-state index in [0.717, 1.165) is 56.0 Å². The lowest BCUT2D eigenvalue weighted by Crippen LogP contribution is -2.31. The predicted octanol–water partition coefficient (Wildman–Crippen LogP) is 3.01. The highest BCUT2D eigenvalue weighted by Crippen LogP contribution is 2.35. The summed E-state index contributed by atoms with van der Waals surface area (Å²) in [6.45, 7) is 4.74. The van der Waals surface area contributed by atoms with E-state index in [1.807, 2.05) is 18.3 Å². The Morgan fingerprint density at radius 2 is 1.77 bits per heavy atom. The lowest BCUT2D eigenvalue weighted by atomic mass is 10.1. The molecule has 1 aliphatic rings. The van der Waals surface area contributed by atoms with Gasteiger partial charge in [0.25, 0.3) is 0 Å². The number of ether oxygens (including phenoxy) is 3. The molecule has 6 nitrogen and oxygen atoms in total. The van der Waals surface area contributed by atoms with Crippen molar-refractivity contribution in [3.63, 3.8) is 0 Å². The number of rotatable bonds is 7. The summed E-state index contributed by atoms with van der Waals surface area (Å²) in [5, 5.41) is 0. The summed E-state index contributed by atoms with van der Waals surface area (Å²) in [7, 11) is 4.96. The van der Waals surface area contributed by atoms with Crippen LogP contribution in [0, 0.1) is 0 Å². The van der Waals surface area contributed by atoms with Crippen LogP contribution in [0.2, 0.25) is 0 Å². The molecule has 0 amide bonds. The molecule has 1 aromatic heterocycles. The van der Waals surface area contributed by atoms with Crippen LogP contribution in [-0.4, -0.2) is 42.7 Å². The second kappa shape index (κ2) is 8.36. The topological polar surface area (TPSA) is 56.7 Å². The quantitative estimate of drug-likeness (QED) is 0.759. The minimum atomic E-state index is 0.675. The van der Waals surface area contributed by atoms with Crippen LogP contribution in [-0.2, 0) is 25.9 Å². The van der Waals surface area contributed by atoms with Crippen LogP contribution < -0.4 is 14.2 Å². The second-order valence-corrected chi connectivity index (χ2v) is 6.49. The molecule has 1 aliphatic heterocycles. The molecule has 3 rings (SSSR count). The van der Waals surface area contributed by atoms with Gasteiger partial charge in [-0.25, -0.2) is 9.97 Å². The van der Waals surface area contributed by atoms with Gasteiger partial charge in [0.15, 0.2) is 11.5 Å². The van der Waals surface area contributed by atoms with Gasteiger partial charge in [-0.05, 0) is 12.5 Å². The van der Waals surface area contributed by atoms with Gasteiger partial charge >= 0.3 is 0 Å². The Bertz CT molecular complexity index is 764. The number of methoxy groups -OCH3 is 3. The van der Waals surface area contributed by atoms with Crippen LogP contribution in [0.25, 0.3) is 0 Å². The first-order valence-corrected chi connectivity index (χ1v) is 9.03. The largest absolute Gasteiger partial charge is 0.496 e.